The Labute approximate surface area is 138 Å². The zero-order valence-electron chi connectivity index (χ0n) is 10.5. The van der Waals surface area contributed by atoms with Crippen LogP contribution in [-0.2, 0) is 6.42 Å². The molecule has 0 saturated heterocycles. The van der Waals surface area contributed by atoms with Gasteiger partial charge in [-0.25, -0.2) is 4.39 Å². The van der Waals surface area contributed by atoms with Crippen LogP contribution in [0.25, 0.3) is 0 Å². The Kier molecular flexibility index (Phi) is 6.08. The van der Waals surface area contributed by atoms with Crippen molar-refractivity contribution in [3.05, 3.63) is 62.8 Å². The summed E-state index contributed by atoms with van der Waals surface area (Å²) < 4.78 is 15.4. The molecule has 0 radical (unpaired) electrons. The number of halogens is 3. The number of hydrogen-bond acceptors (Lipinski definition) is 2. The van der Waals surface area contributed by atoms with Crippen LogP contribution in [0.4, 0.5) is 4.39 Å². The van der Waals surface area contributed by atoms with Crippen LogP contribution >= 0.6 is 43.6 Å². The average molecular weight is 420 g/mol. The third-order valence-electron chi connectivity index (χ3n) is 2.72. The lowest BCUT2D eigenvalue weighted by Crippen LogP contribution is -2.14. The van der Waals surface area contributed by atoms with E-state index in [1.807, 2.05) is 24.3 Å². The summed E-state index contributed by atoms with van der Waals surface area (Å²) in [6.07, 6.45) is -0.262. The molecule has 20 heavy (non-hydrogen) atoms. The van der Waals surface area contributed by atoms with Crippen LogP contribution in [0.5, 0.6) is 0 Å². The first-order valence-electron chi connectivity index (χ1n) is 6.05. The van der Waals surface area contributed by atoms with Crippen LogP contribution in [0.15, 0.2) is 56.3 Å². The molecule has 0 fully saturated rings. The predicted octanol–water partition coefficient (Wildman–Crippen LogP) is 5.05. The highest BCUT2D eigenvalue weighted by molar-refractivity contribution is 9.10. The van der Waals surface area contributed by atoms with Crippen LogP contribution in [0.1, 0.15) is 5.56 Å². The second-order valence-corrected chi connectivity index (χ2v) is 7.28. The van der Waals surface area contributed by atoms with Gasteiger partial charge in [0.25, 0.3) is 0 Å². The Bertz CT molecular complexity index is 575. The Hall–Kier alpha value is -0.360. The Morgan fingerprint density at radius 3 is 2.40 bits per heavy atom. The van der Waals surface area contributed by atoms with Gasteiger partial charge < -0.3 is 5.11 Å². The normalized spacial score (nSPS) is 12.4. The molecule has 0 heterocycles. The van der Waals surface area contributed by atoms with E-state index in [0.29, 0.717) is 17.7 Å². The molecule has 1 unspecified atom stereocenters. The van der Waals surface area contributed by atoms with Crippen molar-refractivity contribution >= 4 is 43.6 Å². The van der Waals surface area contributed by atoms with E-state index >= 15 is 0 Å². The summed E-state index contributed by atoms with van der Waals surface area (Å²) in [4.78, 5) is 1.09. The van der Waals surface area contributed by atoms with Crippen molar-refractivity contribution in [1.82, 2.24) is 0 Å². The maximum Gasteiger partial charge on any atom is 0.126 e. The van der Waals surface area contributed by atoms with Crippen molar-refractivity contribution in [3.8, 4) is 0 Å². The molecule has 1 nitrogen and oxygen atoms in total. The minimum absolute atomic E-state index is 0.277. The molecule has 0 aliphatic heterocycles. The minimum Gasteiger partial charge on any atom is -0.392 e. The summed E-state index contributed by atoms with van der Waals surface area (Å²) in [7, 11) is 0. The van der Waals surface area contributed by atoms with E-state index in [0.717, 1.165) is 13.8 Å². The molecule has 2 aromatic carbocycles. The van der Waals surface area contributed by atoms with E-state index in [2.05, 4.69) is 31.9 Å². The summed E-state index contributed by atoms with van der Waals surface area (Å²) in [5, 5.41) is 10.0. The largest absolute Gasteiger partial charge is 0.392 e. The Morgan fingerprint density at radius 2 is 1.70 bits per heavy atom. The van der Waals surface area contributed by atoms with Crippen molar-refractivity contribution < 1.29 is 9.50 Å². The van der Waals surface area contributed by atoms with Gasteiger partial charge in [-0.2, -0.15) is 0 Å². The second-order valence-electron chi connectivity index (χ2n) is 4.36. The fourth-order valence-corrected chi connectivity index (χ4v) is 3.24. The summed E-state index contributed by atoms with van der Waals surface area (Å²) in [5.74, 6) is 0.258. The monoisotopic (exact) mass is 418 g/mol. The molecule has 2 rings (SSSR count). The molecule has 106 valence electrons. The molecule has 1 N–H and O–H groups in total. The standard InChI is InChI=1S/C15H13Br2FOS/c16-11-1-4-14(5-2-11)20-9-13(19)8-10-7-12(17)3-6-15(10)18/h1-7,13,19H,8-9H2. The number of hydrogen-bond donors (Lipinski definition) is 1. The third kappa shape index (κ3) is 4.88. The first kappa shape index (κ1) is 16.0. The SMILES string of the molecule is OC(CSc1ccc(Br)cc1)Cc1cc(Br)ccc1F. The third-order valence-corrected chi connectivity index (χ3v) is 4.90. The molecule has 0 amide bonds. The van der Waals surface area contributed by atoms with Gasteiger partial charge in [-0.1, -0.05) is 31.9 Å². The number of benzene rings is 2. The summed E-state index contributed by atoms with van der Waals surface area (Å²) in [5.41, 5.74) is 0.531. The minimum atomic E-state index is -0.576. The first-order chi connectivity index (χ1) is 9.54. The van der Waals surface area contributed by atoms with Crippen LogP contribution in [0.2, 0.25) is 0 Å². The van der Waals surface area contributed by atoms with E-state index in [4.69, 9.17) is 0 Å². The van der Waals surface area contributed by atoms with Crippen LogP contribution in [0, 0.1) is 5.82 Å². The summed E-state index contributed by atoms with van der Waals surface area (Å²) >= 11 is 8.25. The number of rotatable bonds is 5. The first-order valence-corrected chi connectivity index (χ1v) is 8.62. The molecule has 1 atom stereocenters. The van der Waals surface area contributed by atoms with E-state index in [1.54, 1.807) is 23.9 Å². The van der Waals surface area contributed by atoms with Crippen molar-refractivity contribution in [2.45, 2.75) is 17.4 Å². The van der Waals surface area contributed by atoms with Gasteiger partial charge in [0.2, 0.25) is 0 Å². The van der Waals surface area contributed by atoms with E-state index < -0.39 is 6.10 Å². The second kappa shape index (κ2) is 7.59. The number of aliphatic hydroxyl groups is 1. The van der Waals surface area contributed by atoms with Crippen LogP contribution in [-0.4, -0.2) is 17.0 Å². The highest BCUT2D eigenvalue weighted by atomic mass is 79.9. The topological polar surface area (TPSA) is 20.2 Å². The lowest BCUT2D eigenvalue weighted by atomic mass is 10.1. The highest BCUT2D eigenvalue weighted by Gasteiger charge is 2.10. The van der Waals surface area contributed by atoms with Crippen molar-refractivity contribution in [2.75, 3.05) is 5.75 Å². The smallest absolute Gasteiger partial charge is 0.126 e. The molecule has 2 aromatic rings. The molecule has 0 aromatic heterocycles. The van der Waals surface area contributed by atoms with Gasteiger partial charge in [0.15, 0.2) is 0 Å². The maximum atomic E-state index is 13.6. The molecule has 0 spiro atoms. The molecule has 0 aliphatic carbocycles. The molecule has 0 saturated carbocycles. The van der Waals surface area contributed by atoms with Gasteiger partial charge in [-0.3, -0.25) is 0 Å². The van der Waals surface area contributed by atoms with E-state index in [1.165, 1.54) is 6.07 Å². The Morgan fingerprint density at radius 1 is 1.05 bits per heavy atom. The Balaban J connectivity index is 1.90. The quantitative estimate of drug-likeness (QED) is 0.684. The van der Waals surface area contributed by atoms with Gasteiger partial charge in [0.1, 0.15) is 5.82 Å². The van der Waals surface area contributed by atoms with Gasteiger partial charge in [0.05, 0.1) is 6.10 Å². The van der Waals surface area contributed by atoms with E-state index in [9.17, 15) is 9.50 Å². The highest BCUT2D eigenvalue weighted by Crippen LogP contribution is 2.23. The lowest BCUT2D eigenvalue weighted by Gasteiger charge is -2.11. The molecule has 5 heteroatoms. The van der Waals surface area contributed by atoms with Crippen molar-refractivity contribution in [3.63, 3.8) is 0 Å². The molecular formula is C15H13Br2FOS. The fraction of sp³-hybridized carbons (Fsp3) is 0.200. The zero-order chi connectivity index (χ0) is 14.5. The average Bonchev–Trinajstić information content (AvgIpc) is 2.42. The van der Waals surface area contributed by atoms with Crippen molar-refractivity contribution in [1.29, 1.82) is 0 Å². The molecular weight excluding hydrogens is 407 g/mol. The molecule has 0 bridgehead atoms. The number of thioether (sulfide) groups is 1. The van der Waals surface area contributed by atoms with Crippen LogP contribution in [0.3, 0.4) is 0 Å². The maximum absolute atomic E-state index is 13.6. The van der Waals surface area contributed by atoms with Gasteiger partial charge in [0, 0.05) is 26.0 Å². The number of aliphatic hydroxyl groups excluding tert-OH is 1. The van der Waals surface area contributed by atoms with Crippen molar-refractivity contribution in [2.24, 2.45) is 0 Å². The van der Waals surface area contributed by atoms with Gasteiger partial charge >= 0.3 is 0 Å². The van der Waals surface area contributed by atoms with Gasteiger partial charge in [-0.15, -0.1) is 11.8 Å². The summed E-state index contributed by atoms with van der Waals surface area (Å²) in [6, 6.07) is 12.7. The van der Waals surface area contributed by atoms with Crippen LogP contribution < -0.4 is 0 Å². The lowest BCUT2D eigenvalue weighted by molar-refractivity contribution is 0.198. The predicted molar refractivity (Wildman–Crippen MR) is 88.7 cm³/mol. The zero-order valence-corrected chi connectivity index (χ0v) is 14.5. The van der Waals surface area contributed by atoms with Gasteiger partial charge in [-0.05, 0) is 48.0 Å². The van der Waals surface area contributed by atoms with E-state index in [-0.39, 0.29) is 5.82 Å². The summed E-state index contributed by atoms with van der Waals surface area (Å²) in [6.45, 7) is 0. The fourth-order valence-electron chi connectivity index (χ4n) is 1.74. The molecule has 0 aliphatic rings.